The maximum Gasteiger partial charge on any atom is 0.136 e. The highest BCUT2D eigenvalue weighted by molar-refractivity contribution is 6.38. The Labute approximate surface area is 358 Å². The summed E-state index contributed by atoms with van der Waals surface area (Å²) in [6, 6.07) is 81.8. The van der Waals surface area contributed by atoms with Crippen molar-refractivity contribution in [1.29, 1.82) is 0 Å². The minimum absolute atomic E-state index is 0.917. The van der Waals surface area contributed by atoms with Crippen LogP contribution in [0.4, 0.5) is 0 Å². The van der Waals surface area contributed by atoms with E-state index >= 15 is 0 Å². The summed E-state index contributed by atoms with van der Waals surface area (Å²) in [5.41, 5.74) is 17.2. The number of hydrogen-bond donors (Lipinski definition) is 0. The fourth-order valence-electron chi connectivity index (χ4n) is 10.1. The van der Waals surface area contributed by atoms with Gasteiger partial charge in [-0.2, -0.15) is 0 Å². The second kappa shape index (κ2) is 13.7. The third-order valence-electron chi connectivity index (χ3n) is 12.9. The minimum atomic E-state index is 0.917. The maximum absolute atomic E-state index is 6.62. The molecule has 0 saturated carbocycles. The standard InChI is InChI=1S/C60H37NO/c1-3-14-38(15-4-1)40-18-9-19-41(32-40)42-20-10-21-43(33-42)46-34-45(39-16-5-2-6-17-39)35-47(36-46)44-22-11-23-48(37-44)61-53-28-12-26-51-49-24-7-8-25-50(49)52-27-13-29-55-58(52)60-56(62-55)31-30-54(61)59(60)57(51)53/h1-37H. The lowest BCUT2D eigenvalue weighted by atomic mass is 9.91. The van der Waals surface area contributed by atoms with Gasteiger partial charge >= 0.3 is 0 Å². The van der Waals surface area contributed by atoms with Crippen LogP contribution in [0.15, 0.2) is 229 Å². The number of nitrogens with zero attached hydrogens (tertiary/aromatic N) is 1. The van der Waals surface area contributed by atoms with Gasteiger partial charge in [0.2, 0.25) is 0 Å². The van der Waals surface area contributed by atoms with E-state index in [-0.39, 0.29) is 0 Å². The SMILES string of the molecule is c1ccc(-c2cccc(-c3cccc(-c4cc(-c5ccccc5)cc(-c5cccc(-n6c7cccc8c9ccccc9c9cccc%10oc%11ccc6c(c%11c%109)c87)c5)c4)c3)c2)cc1. The van der Waals surface area contributed by atoms with Crippen LogP contribution in [-0.2, 0) is 0 Å². The van der Waals surface area contributed by atoms with E-state index in [0.717, 1.165) is 22.4 Å². The number of benzene rings is 10. The Hall–Kier alpha value is -8.20. The molecule has 0 radical (unpaired) electrons. The van der Waals surface area contributed by atoms with E-state index in [1.165, 1.54) is 104 Å². The quantitative estimate of drug-likeness (QED) is 0.164. The number of aromatic nitrogens is 1. The second-order valence-corrected chi connectivity index (χ2v) is 16.4. The van der Waals surface area contributed by atoms with Gasteiger partial charge in [-0.25, -0.2) is 0 Å². The highest BCUT2D eigenvalue weighted by atomic mass is 16.3. The van der Waals surface area contributed by atoms with Crippen molar-refractivity contribution in [1.82, 2.24) is 4.57 Å². The molecule has 0 fully saturated rings. The largest absolute Gasteiger partial charge is 0.456 e. The number of fused-ring (bicyclic) bond motifs is 3. The van der Waals surface area contributed by atoms with Gasteiger partial charge in [-0.05, 0) is 144 Å². The molecule has 0 saturated heterocycles. The normalized spacial score (nSPS) is 11.9. The molecular weight excluding hydrogens is 751 g/mol. The zero-order valence-corrected chi connectivity index (χ0v) is 33.7. The smallest absolute Gasteiger partial charge is 0.136 e. The molecule has 288 valence electrons. The number of hydrogen-bond acceptors (Lipinski definition) is 1. The molecule has 0 spiro atoms. The molecule has 62 heavy (non-hydrogen) atoms. The molecule has 2 heterocycles. The predicted octanol–water partition coefficient (Wildman–Crippen LogP) is 16.8. The van der Waals surface area contributed by atoms with Crippen LogP contribution in [0.2, 0.25) is 0 Å². The van der Waals surface area contributed by atoms with Gasteiger partial charge in [0.05, 0.1) is 11.0 Å². The van der Waals surface area contributed by atoms with Crippen molar-refractivity contribution in [3.8, 4) is 61.3 Å². The molecule has 2 aromatic heterocycles. The second-order valence-electron chi connectivity index (χ2n) is 16.4. The van der Waals surface area contributed by atoms with E-state index in [1.807, 2.05) is 0 Å². The highest BCUT2D eigenvalue weighted by Crippen LogP contribution is 2.47. The van der Waals surface area contributed by atoms with Crippen LogP contribution >= 0.6 is 0 Å². The summed E-state index contributed by atoms with van der Waals surface area (Å²) in [5.74, 6) is 0. The Bertz CT molecular complexity index is 3850. The van der Waals surface area contributed by atoms with E-state index in [4.69, 9.17) is 4.42 Å². The van der Waals surface area contributed by atoms with Gasteiger partial charge in [-0.1, -0.05) is 158 Å². The zero-order chi connectivity index (χ0) is 40.7. The van der Waals surface area contributed by atoms with E-state index < -0.39 is 0 Å². The van der Waals surface area contributed by atoms with E-state index in [0.29, 0.717) is 0 Å². The summed E-state index contributed by atoms with van der Waals surface area (Å²) in [5, 5.41) is 9.77. The Kier molecular flexibility index (Phi) is 7.64. The molecule has 2 nitrogen and oxygen atoms in total. The van der Waals surface area contributed by atoms with Gasteiger partial charge in [-0.3, -0.25) is 0 Å². The van der Waals surface area contributed by atoms with Crippen molar-refractivity contribution in [2.24, 2.45) is 0 Å². The lowest BCUT2D eigenvalue weighted by Gasteiger charge is -2.14. The molecular formula is C60H37NO. The van der Waals surface area contributed by atoms with Crippen molar-refractivity contribution >= 4 is 65.3 Å². The van der Waals surface area contributed by atoms with E-state index in [9.17, 15) is 0 Å². The van der Waals surface area contributed by atoms with Gasteiger partial charge < -0.3 is 8.98 Å². The Morgan fingerprint density at radius 1 is 0.242 bits per heavy atom. The third-order valence-corrected chi connectivity index (χ3v) is 12.9. The van der Waals surface area contributed by atoms with Crippen LogP contribution in [0.3, 0.4) is 0 Å². The summed E-state index contributed by atoms with van der Waals surface area (Å²) < 4.78 is 9.08. The van der Waals surface area contributed by atoms with Crippen LogP contribution in [-0.4, -0.2) is 4.57 Å². The fraction of sp³-hybridized carbons (Fsp3) is 0. The first-order valence-corrected chi connectivity index (χ1v) is 21.3. The van der Waals surface area contributed by atoms with E-state index in [2.05, 4.69) is 229 Å². The molecule has 0 bridgehead atoms. The Morgan fingerprint density at radius 2 is 0.661 bits per heavy atom. The van der Waals surface area contributed by atoms with Crippen molar-refractivity contribution in [2.75, 3.05) is 0 Å². The van der Waals surface area contributed by atoms with Gasteiger partial charge in [0.25, 0.3) is 0 Å². The van der Waals surface area contributed by atoms with Crippen molar-refractivity contribution in [3.05, 3.63) is 224 Å². The summed E-state index contributed by atoms with van der Waals surface area (Å²) in [4.78, 5) is 0. The van der Waals surface area contributed by atoms with Crippen molar-refractivity contribution in [2.45, 2.75) is 0 Å². The first-order valence-electron chi connectivity index (χ1n) is 21.3. The van der Waals surface area contributed by atoms with Crippen molar-refractivity contribution < 1.29 is 4.42 Å². The monoisotopic (exact) mass is 787 g/mol. The van der Waals surface area contributed by atoms with Crippen molar-refractivity contribution in [3.63, 3.8) is 0 Å². The molecule has 11 aromatic carbocycles. The third kappa shape index (κ3) is 5.37. The van der Waals surface area contributed by atoms with Crippen LogP contribution in [0.25, 0.3) is 127 Å². The predicted molar refractivity (Wildman–Crippen MR) is 261 cm³/mol. The summed E-state index contributed by atoms with van der Waals surface area (Å²) >= 11 is 0. The summed E-state index contributed by atoms with van der Waals surface area (Å²) in [6.45, 7) is 0. The minimum Gasteiger partial charge on any atom is -0.456 e. The van der Waals surface area contributed by atoms with Gasteiger partial charge in [0, 0.05) is 27.2 Å². The molecule has 13 rings (SSSR count). The lowest BCUT2D eigenvalue weighted by Crippen LogP contribution is -1.94. The molecule has 0 aliphatic carbocycles. The average Bonchev–Trinajstić information content (AvgIpc) is 3.90. The maximum atomic E-state index is 6.62. The zero-order valence-electron chi connectivity index (χ0n) is 33.7. The van der Waals surface area contributed by atoms with E-state index in [1.54, 1.807) is 0 Å². The molecule has 0 aliphatic rings. The molecule has 0 N–H and O–H groups in total. The number of rotatable bonds is 6. The topological polar surface area (TPSA) is 18.1 Å². The molecule has 2 heteroatoms. The average molecular weight is 788 g/mol. The van der Waals surface area contributed by atoms with Crippen LogP contribution in [0.1, 0.15) is 0 Å². The fourth-order valence-corrected chi connectivity index (χ4v) is 10.1. The number of furan rings is 1. The summed E-state index contributed by atoms with van der Waals surface area (Å²) in [7, 11) is 0. The Morgan fingerprint density at radius 3 is 1.32 bits per heavy atom. The van der Waals surface area contributed by atoms with Gasteiger partial charge in [0.15, 0.2) is 0 Å². The van der Waals surface area contributed by atoms with Crippen LogP contribution < -0.4 is 0 Å². The molecule has 13 aromatic rings. The van der Waals surface area contributed by atoms with Gasteiger partial charge in [-0.15, -0.1) is 0 Å². The lowest BCUT2D eigenvalue weighted by molar-refractivity contribution is 0.669. The molecule has 0 unspecified atom stereocenters. The van der Waals surface area contributed by atoms with Crippen LogP contribution in [0, 0.1) is 0 Å². The first-order chi connectivity index (χ1) is 30.7. The first kappa shape index (κ1) is 34.6. The molecule has 0 amide bonds. The van der Waals surface area contributed by atoms with Crippen LogP contribution in [0.5, 0.6) is 0 Å². The summed E-state index contributed by atoms with van der Waals surface area (Å²) in [6.07, 6.45) is 0. The molecule has 0 atom stereocenters. The van der Waals surface area contributed by atoms with Gasteiger partial charge in [0.1, 0.15) is 11.2 Å². The Balaban J connectivity index is 1.01. The highest BCUT2D eigenvalue weighted by Gasteiger charge is 2.23. The molecule has 0 aliphatic heterocycles.